The Labute approximate surface area is 117 Å². The third-order valence-electron chi connectivity index (χ3n) is 4.18. The first-order valence-electron chi connectivity index (χ1n) is 7.52. The summed E-state index contributed by atoms with van der Waals surface area (Å²) in [5.41, 5.74) is 8.88. The molecular formula is C17H27NO. The molecule has 1 aliphatic rings. The molecule has 0 amide bonds. The summed E-state index contributed by atoms with van der Waals surface area (Å²) in [6, 6.07) is 8.72. The maximum absolute atomic E-state index is 6.11. The fourth-order valence-corrected chi connectivity index (χ4v) is 2.76. The second-order valence-corrected chi connectivity index (χ2v) is 6.42. The minimum atomic E-state index is 0.244. The summed E-state index contributed by atoms with van der Waals surface area (Å²) in [5, 5.41) is 0. The maximum atomic E-state index is 6.11. The molecule has 19 heavy (non-hydrogen) atoms. The van der Waals surface area contributed by atoms with Crippen molar-refractivity contribution < 1.29 is 4.74 Å². The molecule has 2 heteroatoms. The Balaban J connectivity index is 1.82. The van der Waals surface area contributed by atoms with E-state index in [2.05, 4.69) is 38.1 Å². The Morgan fingerprint density at radius 1 is 1.32 bits per heavy atom. The molecule has 1 unspecified atom stereocenters. The van der Waals surface area contributed by atoms with E-state index in [0.29, 0.717) is 6.10 Å². The Morgan fingerprint density at radius 2 is 2.11 bits per heavy atom. The van der Waals surface area contributed by atoms with Crippen molar-refractivity contribution >= 4 is 0 Å². The predicted octanol–water partition coefficient (Wildman–Crippen LogP) is 3.85. The molecule has 1 aromatic rings. The summed E-state index contributed by atoms with van der Waals surface area (Å²) >= 11 is 0. The van der Waals surface area contributed by atoms with Crippen molar-refractivity contribution in [1.82, 2.24) is 0 Å². The van der Waals surface area contributed by atoms with Gasteiger partial charge in [-0.05, 0) is 55.2 Å². The molecule has 2 N–H and O–H groups in total. The Bertz CT molecular complexity index is 400. The first-order chi connectivity index (χ1) is 9.12. The molecule has 0 heterocycles. The van der Waals surface area contributed by atoms with E-state index in [9.17, 15) is 0 Å². The van der Waals surface area contributed by atoms with Crippen molar-refractivity contribution in [2.45, 2.75) is 52.1 Å². The summed E-state index contributed by atoms with van der Waals surface area (Å²) in [5.74, 6) is 0. The van der Waals surface area contributed by atoms with Crippen LogP contribution in [0.3, 0.4) is 0 Å². The highest BCUT2D eigenvalue weighted by atomic mass is 16.5. The van der Waals surface area contributed by atoms with E-state index in [4.69, 9.17) is 10.5 Å². The van der Waals surface area contributed by atoms with Crippen LogP contribution in [0.1, 0.15) is 56.8 Å². The number of hydrogen-bond acceptors (Lipinski definition) is 2. The van der Waals surface area contributed by atoms with Crippen LogP contribution >= 0.6 is 0 Å². The fraction of sp³-hybridized carbons (Fsp3) is 0.647. The highest BCUT2D eigenvalue weighted by Gasteiger charge is 2.20. The van der Waals surface area contributed by atoms with Crippen LogP contribution in [0.25, 0.3) is 0 Å². The summed E-state index contributed by atoms with van der Waals surface area (Å²) in [6.07, 6.45) is 6.16. The number of rotatable bonds is 6. The topological polar surface area (TPSA) is 35.2 Å². The zero-order valence-corrected chi connectivity index (χ0v) is 12.3. The van der Waals surface area contributed by atoms with Crippen molar-refractivity contribution in [2.75, 3.05) is 13.2 Å². The van der Waals surface area contributed by atoms with Crippen LogP contribution in [0.2, 0.25) is 0 Å². The van der Waals surface area contributed by atoms with Crippen LogP contribution in [-0.4, -0.2) is 13.2 Å². The zero-order valence-electron chi connectivity index (χ0n) is 12.3. The highest BCUT2D eigenvalue weighted by molar-refractivity contribution is 5.31. The van der Waals surface area contributed by atoms with Gasteiger partial charge in [-0.15, -0.1) is 0 Å². The van der Waals surface area contributed by atoms with Crippen molar-refractivity contribution in [3.63, 3.8) is 0 Å². The van der Waals surface area contributed by atoms with Crippen LogP contribution < -0.4 is 5.73 Å². The Kier molecular flexibility index (Phi) is 5.00. The quantitative estimate of drug-likeness (QED) is 0.790. The van der Waals surface area contributed by atoms with E-state index < -0.39 is 0 Å². The molecule has 1 aromatic carbocycles. The largest absolute Gasteiger partial charge is 0.374 e. The SMILES string of the molecule is CC(C)(CN)CCCOC1CCCc2ccccc21. The van der Waals surface area contributed by atoms with Gasteiger partial charge in [0.2, 0.25) is 0 Å². The number of benzene rings is 1. The fourth-order valence-electron chi connectivity index (χ4n) is 2.76. The molecule has 0 saturated heterocycles. The van der Waals surface area contributed by atoms with Crippen molar-refractivity contribution in [3.05, 3.63) is 35.4 Å². The summed E-state index contributed by atoms with van der Waals surface area (Å²) < 4.78 is 6.11. The van der Waals surface area contributed by atoms with E-state index in [1.165, 1.54) is 24.0 Å². The van der Waals surface area contributed by atoms with Gasteiger partial charge < -0.3 is 10.5 Å². The maximum Gasteiger partial charge on any atom is 0.0827 e. The van der Waals surface area contributed by atoms with Crippen LogP contribution in [-0.2, 0) is 11.2 Å². The Morgan fingerprint density at radius 3 is 2.89 bits per heavy atom. The first-order valence-corrected chi connectivity index (χ1v) is 7.52. The summed E-state index contributed by atoms with van der Waals surface area (Å²) in [7, 11) is 0. The van der Waals surface area contributed by atoms with Crippen LogP contribution in [0.4, 0.5) is 0 Å². The average molecular weight is 261 g/mol. The third kappa shape index (κ3) is 4.05. The minimum absolute atomic E-state index is 0.244. The van der Waals surface area contributed by atoms with E-state index in [1.807, 2.05) is 0 Å². The molecule has 1 aliphatic carbocycles. The molecule has 0 aromatic heterocycles. The van der Waals surface area contributed by atoms with E-state index in [0.717, 1.165) is 32.4 Å². The van der Waals surface area contributed by atoms with E-state index >= 15 is 0 Å². The Hall–Kier alpha value is -0.860. The third-order valence-corrected chi connectivity index (χ3v) is 4.18. The zero-order chi connectivity index (χ0) is 13.7. The molecule has 2 nitrogen and oxygen atoms in total. The molecule has 0 spiro atoms. The van der Waals surface area contributed by atoms with Gasteiger partial charge in [0, 0.05) is 6.61 Å². The predicted molar refractivity (Wildman–Crippen MR) is 80.1 cm³/mol. The standard InChI is InChI=1S/C17H27NO/c1-17(2,13-18)11-6-12-19-16-10-5-8-14-7-3-4-9-15(14)16/h3-4,7,9,16H,5-6,8,10-13,18H2,1-2H3. The molecule has 0 saturated carbocycles. The number of nitrogens with two attached hydrogens (primary N) is 1. The summed E-state index contributed by atoms with van der Waals surface area (Å²) in [6.45, 7) is 6.05. The second-order valence-electron chi connectivity index (χ2n) is 6.42. The lowest BCUT2D eigenvalue weighted by Crippen LogP contribution is -2.24. The lowest BCUT2D eigenvalue weighted by atomic mass is 9.88. The first kappa shape index (κ1) is 14.5. The molecule has 0 aliphatic heterocycles. The van der Waals surface area contributed by atoms with Gasteiger partial charge in [0.25, 0.3) is 0 Å². The summed E-state index contributed by atoms with van der Waals surface area (Å²) in [4.78, 5) is 0. The number of hydrogen-bond donors (Lipinski definition) is 1. The van der Waals surface area contributed by atoms with Crippen molar-refractivity contribution in [1.29, 1.82) is 0 Å². The molecule has 2 rings (SSSR count). The number of ether oxygens (including phenoxy) is 1. The van der Waals surface area contributed by atoms with Gasteiger partial charge in [-0.25, -0.2) is 0 Å². The average Bonchev–Trinajstić information content (AvgIpc) is 2.44. The van der Waals surface area contributed by atoms with Crippen molar-refractivity contribution in [3.8, 4) is 0 Å². The van der Waals surface area contributed by atoms with Crippen LogP contribution in [0, 0.1) is 5.41 Å². The van der Waals surface area contributed by atoms with Gasteiger partial charge in [0.1, 0.15) is 0 Å². The van der Waals surface area contributed by atoms with Gasteiger partial charge in [0.05, 0.1) is 6.10 Å². The molecule has 106 valence electrons. The van der Waals surface area contributed by atoms with Crippen molar-refractivity contribution in [2.24, 2.45) is 11.1 Å². The smallest absolute Gasteiger partial charge is 0.0827 e. The van der Waals surface area contributed by atoms with Gasteiger partial charge in [-0.1, -0.05) is 38.1 Å². The van der Waals surface area contributed by atoms with Gasteiger partial charge >= 0.3 is 0 Å². The van der Waals surface area contributed by atoms with Gasteiger partial charge in [-0.3, -0.25) is 0 Å². The minimum Gasteiger partial charge on any atom is -0.374 e. The highest BCUT2D eigenvalue weighted by Crippen LogP contribution is 2.32. The number of aryl methyl sites for hydroxylation is 1. The van der Waals surface area contributed by atoms with Gasteiger partial charge in [-0.2, -0.15) is 0 Å². The number of fused-ring (bicyclic) bond motifs is 1. The molecule has 0 radical (unpaired) electrons. The molecular weight excluding hydrogens is 234 g/mol. The molecule has 0 bridgehead atoms. The second kappa shape index (κ2) is 6.53. The lowest BCUT2D eigenvalue weighted by Gasteiger charge is -2.27. The van der Waals surface area contributed by atoms with Crippen LogP contribution in [0.15, 0.2) is 24.3 Å². The molecule has 0 fully saturated rings. The monoisotopic (exact) mass is 261 g/mol. The van der Waals surface area contributed by atoms with Crippen LogP contribution in [0.5, 0.6) is 0 Å². The lowest BCUT2D eigenvalue weighted by molar-refractivity contribution is 0.0345. The van der Waals surface area contributed by atoms with E-state index in [1.54, 1.807) is 0 Å². The molecule has 1 atom stereocenters. The van der Waals surface area contributed by atoms with Gasteiger partial charge in [0.15, 0.2) is 0 Å². The van der Waals surface area contributed by atoms with E-state index in [-0.39, 0.29) is 5.41 Å². The normalized spacial score (nSPS) is 19.2.